The minimum absolute atomic E-state index is 0.734. The van der Waals surface area contributed by atoms with E-state index < -0.39 is 0 Å². The van der Waals surface area contributed by atoms with Crippen molar-refractivity contribution in [3.63, 3.8) is 0 Å². The highest BCUT2D eigenvalue weighted by Crippen LogP contribution is 2.37. The van der Waals surface area contributed by atoms with E-state index in [0.29, 0.717) is 0 Å². The third kappa shape index (κ3) is 1.94. The smallest absolute Gasteiger partial charge is 0.0375 e. The highest BCUT2D eigenvalue weighted by molar-refractivity contribution is 5.55. The largest absolute Gasteiger partial charge is 0.385 e. The summed E-state index contributed by atoms with van der Waals surface area (Å²) in [6.07, 6.45) is 4.93. The Morgan fingerprint density at radius 3 is 2.95 bits per heavy atom. The van der Waals surface area contributed by atoms with Crippen LogP contribution < -0.4 is 5.32 Å². The standard InChI is InChI=1S/C18H19N/c1-2-6-17-15(4-1)12-16(17)10-13-7-8-14-5-3-9-19-18(14)11-13/h1-2,4,6-8,11,16,19H,3,5,9-10,12H2. The monoisotopic (exact) mass is 249 g/mol. The first kappa shape index (κ1) is 11.1. The summed E-state index contributed by atoms with van der Waals surface area (Å²) in [6, 6.07) is 15.9. The third-order valence-electron chi connectivity index (χ3n) is 4.56. The van der Waals surface area contributed by atoms with Gasteiger partial charge in [0.25, 0.3) is 0 Å². The van der Waals surface area contributed by atoms with Crippen LogP contribution in [0, 0.1) is 0 Å². The summed E-state index contributed by atoms with van der Waals surface area (Å²) in [7, 11) is 0. The highest BCUT2D eigenvalue weighted by Gasteiger charge is 2.25. The van der Waals surface area contributed by atoms with Crippen LogP contribution in [0.3, 0.4) is 0 Å². The molecule has 1 heteroatoms. The molecule has 1 aliphatic heterocycles. The first-order chi connectivity index (χ1) is 9.40. The van der Waals surface area contributed by atoms with E-state index in [1.54, 1.807) is 11.1 Å². The van der Waals surface area contributed by atoms with Gasteiger partial charge in [0.1, 0.15) is 0 Å². The maximum absolute atomic E-state index is 3.53. The predicted molar refractivity (Wildman–Crippen MR) is 79.8 cm³/mol. The van der Waals surface area contributed by atoms with Crippen molar-refractivity contribution in [3.05, 3.63) is 64.7 Å². The average molecular weight is 249 g/mol. The summed E-state index contributed by atoms with van der Waals surface area (Å²) in [5, 5.41) is 3.53. The van der Waals surface area contributed by atoms with Crippen molar-refractivity contribution in [2.45, 2.75) is 31.6 Å². The Kier molecular flexibility index (Phi) is 2.58. The topological polar surface area (TPSA) is 12.0 Å². The fourth-order valence-corrected chi connectivity index (χ4v) is 3.46. The Labute approximate surface area is 114 Å². The Morgan fingerprint density at radius 2 is 2.00 bits per heavy atom. The number of benzene rings is 2. The normalized spacial score (nSPS) is 19.9. The predicted octanol–water partition coefficient (Wildman–Crippen LogP) is 3.93. The van der Waals surface area contributed by atoms with Crippen LogP contribution in [0.25, 0.3) is 0 Å². The number of rotatable bonds is 2. The number of hydrogen-bond donors (Lipinski definition) is 1. The van der Waals surface area contributed by atoms with Gasteiger partial charge in [0, 0.05) is 12.2 Å². The van der Waals surface area contributed by atoms with Gasteiger partial charge in [-0.05, 0) is 59.9 Å². The fourth-order valence-electron chi connectivity index (χ4n) is 3.46. The van der Waals surface area contributed by atoms with Crippen LogP contribution in [0.4, 0.5) is 5.69 Å². The minimum Gasteiger partial charge on any atom is -0.385 e. The van der Waals surface area contributed by atoms with E-state index in [0.717, 1.165) is 12.5 Å². The molecule has 0 radical (unpaired) electrons. The van der Waals surface area contributed by atoms with Crippen LogP contribution in [0.15, 0.2) is 42.5 Å². The second kappa shape index (κ2) is 4.41. The van der Waals surface area contributed by atoms with Gasteiger partial charge in [0.05, 0.1) is 0 Å². The molecule has 0 fully saturated rings. The lowest BCUT2D eigenvalue weighted by molar-refractivity contribution is 0.604. The van der Waals surface area contributed by atoms with Crippen LogP contribution in [0.2, 0.25) is 0 Å². The van der Waals surface area contributed by atoms with Crippen molar-refractivity contribution in [2.75, 3.05) is 11.9 Å². The number of nitrogens with one attached hydrogen (secondary N) is 1. The highest BCUT2D eigenvalue weighted by atomic mass is 14.9. The van der Waals surface area contributed by atoms with Gasteiger partial charge in [-0.1, -0.05) is 36.4 Å². The molecule has 0 bridgehead atoms. The lowest BCUT2D eigenvalue weighted by atomic mass is 9.74. The van der Waals surface area contributed by atoms with E-state index in [2.05, 4.69) is 47.8 Å². The molecule has 19 heavy (non-hydrogen) atoms. The van der Waals surface area contributed by atoms with Gasteiger partial charge in [-0.15, -0.1) is 0 Å². The first-order valence-electron chi connectivity index (χ1n) is 7.33. The van der Waals surface area contributed by atoms with E-state index in [-0.39, 0.29) is 0 Å². The number of aryl methyl sites for hydroxylation is 1. The van der Waals surface area contributed by atoms with Crippen molar-refractivity contribution < 1.29 is 0 Å². The zero-order chi connectivity index (χ0) is 12.7. The van der Waals surface area contributed by atoms with Crippen molar-refractivity contribution in [1.82, 2.24) is 0 Å². The van der Waals surface area contributed by atoms with Gasteiger partial charge < -0.3 is 5.32 Å². The molecule has 1 N–H and O–H groups in total. The number of anilines is 1. The molecule has 0 saturated heterocycles. The van der Waals surface area contributed by atoms with Gasteiger partial charge in [-0.2, -0.15) is 0 Å². The molecule has 0 saturated carbocycles. The molecule has 1 heterocycles. The maximum Gasteiger partial charge on any atom is 0.0375 e. The molecule has 2 aliphatic rings. The Hall–Kier alpha value is -1.76. The van der Waals surface area contributed by atoms with Crippen molar-refractivity contribution >= 4 is 5.69 Å². The Bertz CT molecular complexity index is 615. The Morgan fingerprint density at radius 1 is 1.05 bits per heavy atom. The molecule has 1 unspecified atom stereocenters. The molecular weight excluding hydrogens is 230 g/mol. The molecule has 0 aromatic heterocycles. The van der Waals surface area contributed by atoms with Crippen LogP contribution in [-0.4, -0.2) is 6.54 Å². The molecule has 96 valence electrons. The van der Waals surface area contributed by atoms with Gasteiger partial charge in [-0.25, -0.2) is 0 Å². The molecule has 4 rings (SSSR count). The average Bonchev–Trinajstić information content (AvgIpc) is 2.45. The van der Waals surface area contributed by atoms with Crippen LogP contribution in [0.5, 0.6) is 0 Å². The molecule has 1 aliphatic carbocycles. The lowest BCUT2D eigenvalue weighted by Crippen LogP contribution is -2.19. The molecular formula is C18H19N. The SMILES string of the molecule is c1ccc2c(c1)CC2Cc1ccc2c(c1)NCCC2. The Balaban J connectivity index is 1.55. The molecule has 1 atom stereocenters. The van der Waals surface area contributed by atoms with E-state index in [1.165, 1.54) is 42.5 Å². The van der Waals surface area contributed by atoms with Crippen LogP contribution in [-0.2, 0) is 19.3 Å². The van der Waals surface area contributed by atoms with Gasteiger partial charge >= 0.3 is 0 Å². The number of fused-ring (bicyclic) bond motifs is 2. The van der Waals surface area contributed by atoms with Gasteiger partial charge in [-0.3, -0.25) is 0 Å². The zero-order valence-electron chi connectivity index (χ0n) is 11.2. The summed E-state index contributed by atoms with van der Waals surface area (Å²) >= 11 is 0. The molecule has 2 aromatic rings. The molecule has 0 spiro atoms. The number of hydrogen-bond acceptors (Lipinski definition) is 1. The lowest BCUT2D eigenvalue weighted by Gasteiger charge is -2.30. The first-order valence-corrected chi connectivity index (χ1v) is 7.33. The summed E-state index contributed by atoms with van der Waals surface area (Å²) in [4.78, 5) is 0. The third-order valence-corrected chi connectivity index (χ3v) is 4.56. The fraction of sp³-hybridized carbons (Fsp3) is 0.333. The maximum atomic E-state index is 3.53. The van der Waals surface area contributed by atoms with Crippen molar-refractivity contribution in [1.29, 1.82) is 0 Å². The van der Waals surface area contributed by atoms with E-state index in [4.69, 9.17) is 0 Å². The van der Waals surface area contributed by atoms with Gasteiger partial charge in [0.2, 0.25) is 0 Å². The summed E-state index contributed by atoms with van der Waals surface area (Å²) in [5.74, 6) is 0.734. The van der Waals surface area contributed by atoms with Crippen LogP contribution in [0.1, 0.15) is 34.6 Å². The summed E-state index contributed by atoms with van der Waals surface area (Å²) in [5.41, 5.74) is 7.45. The van der Waals surface area contributed by atoms with Crippen LogP contribution >= 0.6 is 0 Å². The second-order valence-electron chi connectivity index (χ2n) is 5.83. The minimum atomic E-state index is 0.734. The summed E-state index contributed by atoms with van der Waals surface area (Å²) in [6.45, 7) is 1.13. The van der Waals surface area contributed by atoms with Crippen molar-refractivity contribution in [3.8, 4) is 0 Å². The zero-order valence-corrected chi connectivity index (χ0v) is 11.2. The van der Waals surface area contributed by atoms with Crippen molar-refractivity contribution in [2.24, 2.45) is 0 Å². The van der Waals surface area contributed by atoms with Gasteiger partial charge in [0.15, 0.2) is 0 Å². The molecule has 2 aromatic carbocycles. The second-order valence-corrected chi connectivity index (χ2v) is 5.83. The van der Waals surface area contributed by atoms with E-state index in [9.17, 15) is 0 Å². The van der Waals surface area contributed by atoms with E-state index in [1.807, 2.05) is 0 Å². The molecule has 1 nitrogen and oxygen atoms in total. The van der Waals surface area contributed by atoms with E-state index >= 15 is 0 Å². The summed E-state index contributed by atoms with van der Waals surface area (Å²) < 4.78 is 0. The molecule has 0 amide bonds. The quantitative estimate of drug-likeness (QED) is 0.850.